The van der Waals surface area contributed by atoms with Crippen molar-refractivity contribution in [1.29, 1.82) is 0 Å². The predicted molar refractivity (Wildman–Crippen MR) is 116 cm³/mol. The van der Waals surface area contributed by atoms with Crippen LogP contribution in [0, 0.1) is 6.92 Å². The van der Waals surface area contributed by atoms with Crippen LogP contribution < -0.4 is 0 Å². The van der Waals surface area contributed by atoms with Crippen LogP contribution in [-0.2, 0) is 9.53 Å². The number of hydrogen-bond acceptors (Lipinski definition) is 2. The molecule has 2 nitrogen and oxygen atoms in total. The number of carbonyl (C=O) groups excluding carboxylic acids is 1. The van der Waals surface area contributed by atoms with Gasteiger partial charge in [-0.05, 0) is 85.0 Å². The summed E-state index contributed by atoms with van der Waals surface area (Å²) in [6, 6.07) is 16.0. The van der Waals surface area contributed by atoms with Gasteiger partial charge in [0.15, 0.2) is 6.29 Å². The second-order valence-corrected chi connectivity index (χ2v) is 8.99. The molecule has 0 aliphatic carbocycles. The summed E-state index contributed by atoms with van der Waals surface area (Å²) in [7, 11) is 0. The topological polar surface area (TPSA) is 26.3 Å². The van der Waals surface area contributed by atoms with Crippen LogP contribution in [-0.4, -0.2) is 11.9 Å². The summed E-state index contributed by atoms with van der Waals surface area (Å²) < 4.78 is 7.10. The molecule has 0 radical (unpaired) electrons. The molecule has 1 unspecified atom stereocenters. The Kier molecular flexibility index (Phi) is 5.76. The maximum Gasteiger partial charge on any atom is 0.153 e. The number of benzene rings is 3. The Morgan fingerprint density at radius 1 is 1.07 bits per heavy atom. The molecule has 0 N–H and O–H groups in total. The summed E-state index contributed by atoms with van der Waals surface area (Å²) in [5.74, 6) is 0. The maximum atomic E-state index is 12.0. The second-order valence-electron chi connectivity index (χ2n) is 7.64. The zero-order chi connectivity index (χ0) is 19.8. The standard InChI is InChI=1S/C23H22BrClO2/c1-14-11-16-5-8-17(24)12-19(16)22(15-6-9-18(25)10-7-15)21(14)20(13-26)27-23(2,3)4/h5-13,20H,1-4H3. The summed E-state index contributed by atoms with van der Waals surface area (Å²) in [6.07, 6.45) is 0.232. The molecule has 3 aromatic carbocycles. The van der Waals surface area contributed by atoms with Gasteiger partial charge in [0.1, 0.15) is 6.10 Å². The molecule has 140 valence electrons. The lowest BCUT2D eigenvalue weighted by Crippen LogP contribution is -2.24. The fraction of sp³-hybridized carbons (Fsp3) is 0.261. The third kappa shape index (κ3) is 4.43. The van der Waals surface area contributed by atoms with Gasteiger partial charge < -0.3 is 9.53 Å². The number of carbonyl (C=O) groups is 1. The van der Waals surface area contributed by atoms with Crippen LogP contribution in [0.3, 0.4) is 0 Å². The van der Waals surface area contributed by atoms with Crippen molar-refractivity contribution in [3.63, 3.8) is 0 Å². The molecule has 0 bridgehead atoms. The quantitative estimate of drug-likeness (QED) is 0.394. The van der Waals surface area contributed by atoms with Crippen molar-refractivity contribution in [2.75, 3.05) is 0 Å². The highest BCUT2D eigenvalue weighted by atomic mass is 79.9. The lowest BCUT2D eigenvalue weighted by atomic mass is 9.87. The van der Waals surface area contributed by atoms with E-state index in [-0.39, 0.29) is 0 Å². The van der Waals surface area contributed by atoms with Crippen LogP contribution in [0.4, 0.5) is 0 Å². The highest BCUT2D eigenvalue weighted by Crippen LogP contribution is 2.40. The summed E-state index contributed by atoms with van der Waals surface area (Å²) in [6.45, 7) is 7.90. The minimum atomic E-state index is -0.654. The zero-order valence-electron chi connectivity index (χ0n) is 15.8. The highest BCUT2D eigenvalue weighted by molar-refractivity contribution is 9.10. The van der Waals surface area contributed by atoms with Crippen molar-refractivity contribution in [2.24, 2.45) is 0 Å². The van der Waals surface area contributed by atoms with Crippen LogP contribution in [0.2, 0.25) is 5.02 Å². The number of rotatable bonds is 4. The van der Waals surface area contributed by atoms with E-state index in [4.69, 9.17) is 16.3 Å². The van der Waals surface area contributed by atoms with Gasteiger partial charge in [0.25, 0.3) is 0 Å². The van der Waals surface area contributed by atoms with Crippen LogP contribution in [0.1, 0.15) is 38.0 Å². The molecule has 0 aromatic heterocycles. The Labute approximate surface area is 173 Å². The molecule has 0 aliphatic heterocycles. The zero-order valence-corrected chi connectivity index (χ0v) is 18.2. The minimum absolute atomic E-state index is 0.443. The number of aldehydes is 1. The number of hydrogen-bond donors (Lipinski definition) is 0. The van der Waals surface area contributed by atoms with E-state index in [1.807, 2.05) is 58.0 Å². The van der Waals surface area contributed by atoms with E-state index in [0.717, 1.165) is 43.8 Å². The summed E-state index contributed by atoms with van der Waals surface area (Å²) in [5, 5.41) is 2.86. The molecular formula is C23H22BrClO2. The van der Waals surface area contributed by atoms with Crippen molar-refractivity contribution < 1.29 is 9.53 Å². The average molecular weight is 446 g/mol. The Balaban J connectivity index is 2.37. The molecule has 0 fully saturated rings. The van der Waals surface area contributed by atoms with Gasteiger partial charge in [-0.15, -0.1) is 0 Å². The van der Waals surface area contributed by atoms with Crippen molar-refractivity contribution in [2.45, 2.75) is 39.4 Å². The van der Waals surface area contributed by atoms with Crippen molar-refractivity contribution in [1.82, 2.24) is 0 Å². The molecule has 0 aliphatic rings. The van der Waals surface area contributed by atoms with Crippen molar-refractivity contribution >= 4 is 44.6 Å². The van der Waals surface area contributed by atoms with Gasteiger partial charge in [0.2, 0.25) is 0 Å². The van der Waals surface area contributed by atoms with Gasteiger partial charge >= 0.3 is 0 Å². The lowest BCUT2D eigenvalue weighted by Gasteiger charge is -2.28. The third-order valence-electron chi connectivity index (χ3n) is 4.37. The molecule has 3 aromatic rings. The molecule has 27 heavy (non-hydrogen) atoms. The highest BCUT2D eigenvalue weighted by Gasteiger charge is 2.26. The summed E-state index contributed by atoms with van der Waals surface area (Å²) in [5.41, 5.74) is 3.49. The summed E-state index contributed by atoms with van der Waals surface area (Å²) >= 11 is 9.68. The number of fused-ring (bicyclic) bond motifs is 1. The van der Waals surface area contributed by atoms with Crippen LogP contribution in [0.5, 0.6) is 0 Å². The monoisotopic (exact) mass is 444 g/mol. The average Bonchev–Trinajstić information content (AvgIpc) is 2.59. The molecule has 0 spiro atoms. The van der Waals surface area contributed by atoms with Gasteiger partial charge in [-0.1, -0.05) is 51.8 Å². The minimum Gasteiger partial charge on any atom is -0.360 e. The van der Waals surface area contributed by atoms with Gasteiger partial charge in [-0.25, -0.2) is 0 Å². The maximum absolute atomic E-state index is 12.0. The first-order valence-corrected chi connectivity index (χ1v) is 9.98. The Morgan fingerprint density at radius 3 is 2.33 bits per heavy atom. The van der Waals surface area contributed by atoms with Crippen LogP contribution in [0.25, 0.3) is 21.9 Å². The van der Waals surface area contributed by atoms with Gasteiger partial charge in [-0.2, -0.15) is 0 Å². The summed E-state index contributed by atoms with van der Waals surface area (Å²) in [4.78, 5) is 12.0. The number of halogens is 2. The fourth-order valence-electron chi connectivity index (χ4n) is 3.35. The Bertz CT molecular complexity index is 988. The molecule has 4 heteroatoms. The first kappa shape index (κ1) is 20.1. The Hall–Kier alpha value is -1.68. The largest absolute Gasteiger partial charge is 0.360 e. The smallest absolute Gasteiger partial charge is 0.153 e. The van der Waals surface area contributed by atoms with Gasteiger partial charge in [0.05, 0.1) is 5.60 Å². The molecule has 1 atom stereocenters. The van der Waals surface area contributed by atoms with E-state index >= 15 is 0 Å². The van der Waals surface area contributed by atoms with Gasteiger partial charge in [-0.3, -0.25) is 0 Å². The number of aryl methyl sites for hydroxylation is 1. The van der Waals surface area contributed by atoms with E-state index in [0.29, 0.717) is 5.02 Å². The Morgan fingerprint density at radius 2 is 1.74 bits per heavy atom. The molecule has 0 heterocycles. The third-order valence-corrected chi connectivity index (χ3v) is 5.12. The van der Waals surface area contributed by atoms with Crippen LogP contribution in [0.15, 0.2) is 53.0 Å². The van der Waals surface area contributed by atoms with E-state index < -0.39 is 11.7 Å². The van der Waals surface area contributed by atoms with Gasteiger partial charge in [0, 0.05) is 9.50 Å². The normalized spacial score (nSPS) is 13.0. The second kappa shape index (κ2) is 7.75. The van der Waals surface area contributed by atoms with E-state index in [2.05, 4.69) is 34.1 Å². The lowest BCUT2D eigenvalue weighted by molar-refractivity contribution is -0.128. The van der Waals surface area contributed by atoms with Crippen LogP contribution >= 0.6 is 27.5 Å². The van der Waals surface area contributed by atoms with Crippen molar-refractivity contribution in [3.8, 4) is 11.1 Å². The molecular weight excluding hydrogens is 424 g/mol. The molecule has 3 rings (SSSR count). The number of ether oxygens (including phenoxy) is 1. The first-order valence-electron chi connectivity index (χ1n) is 8.81. The molecule has 0 amide bonds. The predicted octanol–water partition coefficient (Wildman–Crippen LogP) is 7.29. The van der Waals surface area contributed by atoms with Crippen molar-refractivity contribution in [3.05, 3.63) is 69.2 Å². The van der Waals surface area contributed by atoms with E-state index in [1.54, 1.807) is 0 Å². The van der Waals surface area contributed by atoms with E-state index in [9.17, 15) is 4.79 Å². The fourth-order valence-corrected chi connectivity index (χ4v) is 3.84. The first-order chi connectivity index (χ1) is 12.7. The SMILES string of the molecule is Cc1cc2ccc(Br)cc2c(-c2ccc(Cl)cc2)c1C(C=O)OC(C)(C)C. The molecule has 0 saturated carbocycles. The van der Waals surface area contributed by atoms with E-state index in [1.165, 1.54) is 0 Å². The molecule has 0 saturated heterocycles.